The van der Waals surface area contributed by atoms with Gasteiger partial charge in [0.05, 0.1) is 17.7 Å². The normalized spacial score (nSPS) is 15.1. The molecule has 3 nitrogen and oxygen atoms in total. The standard InChI is InChI=1S/C23H14FI2NO2S2/c24-16-6-4-5-14(9-16)13-29-21-18(25)10-15(11-19(21)26)12-20-22(28)27(23(30)31-20)17-7-2-1-3-8-17/h1-12H,13H2/b20-12+. The molecular weight excluding hydrogens is 659 g/mol. The summed E-state index contributed by atoms with van der Waals surface area (Å²) in [5.41, 5.74) is 2.42. The SMILES string of the molecule is O=C1/C(=C\c2cc(I)c(OCc3cccc(F)c3)c(I)c2)SC(=S)N1c1ccccc1. The fourth-order valence-electron chi connectivity index (χ4n) is 3.00. The van der Waals surface area contributed by atoms with Gasteiger partial charge in [0.25, 0.3) is 5.91 Å². The lowest BCUT2D eigenvalue weighted by Crippen LogP contribution is -2.27. The summed E-state index contributed by atoms with van der Waals surface area (Å²) in [6.07, 6.45) is 1.85. The zero-order chi connectivity index (χ0) is 22.0. The number of para-hydroxylation sites is 1. The number of rotatable bonds is 5. The van der Waals surface area contributed by atoms with Gasteiger partial charge < -0.3 is 4.74 Å². The molecule has 31 heavy (non-hydrogen) atoms. The number of carbonyl (C=O) groups is 1. The Kier molecular flexibility index (Phi) is 7.29. The van der Waals surface area contributed by atoms with E-state index in [0.29, 0.717) is 9.23 Å². The van der Waals surface area contributed by atoms with Gasteiger partial charge in [0.15, 0.2) is 4.32 Å². The number of halogens is 3. The smallest absolute Gasteiger partial charge is 0.270 e. The summed E-state index contributed by atoms with van der Waals surface area (Å²) in [4.78, 5) is 15.1. The Bertz CT molecular complexity index is 1180. The van der Waals surface area contributed by atoms with Crippen molar-refractivity contribution in [2.45, 2.75) is 6.61 Å². The van der Waals surface area contributed by atoms with Crippen molar-refractivity contribution in [3.8, 4) is 5.75 Å². The van der Waals surface area contributed by atoms with Crippen LogP contribution in [0.3, 0.4) is 0 Å². The number of thiocarbonyl (C=S) groups is 1. The lowest BCUT2D eigenvalue weighted by molar-refractivity contribution is -0.113. The van der Waals surface area contributed by atoms with Crippen LogP contribution in [0.15, 0.2) is 71.6 Å². The van der Waals surface area contributed by atoms with Gasteiger partial charge in [-0.1, -0.05) is 54.3 Å². The molecule has 1 aliphatic rings. The van der Waals surface area contributed by atoms with E-state index in [1.165, 1.54) is 23.9 Å². The Morgan fingerprint density at radius 3 is 2.42 bits per heavy atom. The average Bonchev–Trinajstić information content (AvgIpc) is 3.01. The van der Waals surface area contributed by atoms with Crippen LogP contribution >= 0.6 is 69.2 Å². The highest BCUT2D eigenvalue weighted by Crippen LogP contribution is 2.37. The number of hydrogen-bond donors (Lipinski definition) is 0. The Morgan fingerprint density at radius 1 is 1.03 bits per heavy atom. The second-order valence-electron chi connectivity index (χ2n) is 6.58. The van der Waals surface area contributed by atoms with E-state index in [0.717, 1.165) is 29.7 Å². The van der Waals surface area contributed by atoms with E-state index in [2.05, 4.69) is 45.2 Å². The van der Waals surface area contributed by atoms with Crippen molar-refractivity contribution in [2.75, 3.05) is 4.90 Å². The number of thioether (sulfide) groups is 1. The summed E-state index contributed by atoms with van der Waals surface area (Å²) in [5.74, 6) is 0.325. The molecule has 1 fully saturated rings. The first-order chi connectivity index (χ1) is 14.9. The van der Waals surface area contributed by atoms with Crippen molar-refractivity contribution < 1.29 is 13.9 Å². The molecule has 0 spiro atoms. The molecule has 1 amide bonds. The number of anilines is 1. The third-order valence-corrected chi connectivity index (χ3v) is 7.30. The van der Waals surface area contributed by atoms with E-state index >= 15 is 0 Å². The Hall–Kier alpha value is -1.50. The molecular formula is C23H14FI2NO2S2. The number of amides is 1. The zero-order valence-corrected chi connectivity index (χ0v) is 21.8. The molecule has 156 valence electrons. The number of carbonyl (C=O) groups excluding carboxylic acids is 1. The van der Waals surface area contributed by atoms with Gasteiger partial charge in [-0.25, -0.2) is 4.39 Å². The minimum atomic E-state index is -0.284. The van der Waals surface area contributed by atoms with Gasteiger partial charge in [0.1, 0.15) is 18.2 Å². The highest BCUT2D eigenvalue weighted by atomic mass is 127. The maximum absolute atomic E-state index is 13.4. The molecule has 1 aliphatic heterocycles. The predicted octanol–water partition coefficient (Wildman–Crippen LogP) is 7.02. The van der Waals surface area contributed by atoms with E-state index in [4.69, 9.17) is 17.0 Å². The molecule has 0 atom stereocenters. The van der Waals surface area contributed by atoms with Gasteiger partial charge in [-0.3, -0.25) is 9.69 Å². The van der Waals surface area contributed by atoms with E-state index < -0.39 is 0 Å². The molecule has 0 N–H and O–H groups in total. The van der Waals surface area contributed by atoms with Crippen molar-refractivity contribution in [3.05, 3.63) is 95.7 Å². The number of benzene rings is 3. The molecule has 0 radical (unpaired) electrons. The lowest BCUT2D eigenvalue weighted by Gasteiger charge is -2.14. The highest BCUT2D eigenvalue weighted by Gasteiger charge is 2.33. The molecule has 0 aliphatic carbocycles. The average molecular weight is 673 g/mol. The van der Waals surface area contributed by atoms with Gasteiger partial charge in [-0.05, 0) is 98.8 Å². The quantitative estimate of drug-likeness (QED) is 0.166. The maximum Gasteiger partial charge on any atom is 0.270 e. The number of nitrogens with zero attached hydrogens (tertiary/aromatic N) is 1. The predicted molar refractivity (Wildman–Crippen MR) is 145 cm³/mol. The van der Waals surface area contributed by atoms with Gasteiger partial charge >= 0.3 is 0 Å². The van der Waals surface area contributed by atoms with Crippen molar-refractivity contribution in [3.63, 3.8) is 0 Å². The van der Waals surface area contributed by atoms with Crippen LogP contribution in [0.2, 0.25) is 0 Å². The summed E-state index contributed by atoms with van der Waals surface area (Å²) in [5, 5.41) is 0. The second kappa shape index (κ2) is 9.97. The van der Waals surface area contributed by atoms with Crippen molar-refractivity contribution in [1.29, 1.82) is 0 Å². The zero-order valence-electron chi connectivity index (χ0n) is 15.8. The largest absolute Gasteiger partial charge is 0.487 e. The van der Waals surface area contributed by atoms with Gasteiger partial charge in [0, 0.05) is 0 Å². The van der Waals surface area contributed by atoms with Crippen molar-refractivity contribution >= 4 is 91.2 Å². The second-order valence-corrected chi connectivity index (χ2v) is 10.6. The summed E-state index contributed by atoms with van der Waals surface area (Å²) < 4.78 is 21.7. The molecule has 3 aromatic carbocycles. The van der Waals surface area contributed by atoms with E-state index in [9.17, 15) is 9.18 Å². The summed E-state index contributed by atoms with van der Waals surface area (Å²) in [7, 11) is 0. The van der Waals surface area contributed by atoms with Crippen LogP contribution in [0, 0.1) is 13.0 Å². The Labute approximate surface area is 216 Å². The van der Waals surface area contributed by atoms with Crippen molar-refractivity contribution in [2.24, 2.45) is 0 Å². The third-order valence-electron chi connectivity index (χ3n) is 4.40. The van der Waals surface area contributed by atoms with Crippen LogP contribution in [0.1, 0.15) is 11.1 Å². The molecule has 8 heteroatoms. The first-order valence-electron chi connectivity index (χ1n) is 9.11. The highest BCUT2D eigenvalue weighted by molar-refractivity contribution is 14.1. The van der Waals surface area contributed by atoms with Crippen LogP contribution in [-0.4, -0.2) is 10.2 Å². The summed E-state index contributed by atoms with van der Waals surface area (Å²) in [6.45, 7) is 0.277. The van der Waals surface area contributed by atoms with E-state index in [1.807, 2.05) is 54.6 Å². The molecule has 4 rings (SSSR count). The van der Waals surface area contributed by atoms with Crippen LogP contribution < -0.4 is 9.64 Å². The van der Waals surface area contributed by atoms with Crippen LogP contribution in [0.4, 0.5) is 10.1 Å². The fraction of sp³-hybridized carbons (Fsp3) is 0.0435. The van der Waals surface area contributed by atoms with Crippen LogP contribution in [0.5, 0.6) is 5.75 Å². The molecule has 1 saturated heterocycles. The molecule has 3 aromatic rings. The first-order valence-corrected chi connectivity index (χ1v) is 12.5. The van der Waals surface area contributed by atoms with E-state index in [1.54, 1.807) is 11.0 Å². The summed E-state index contributed by atoms with van der Waals surface area (Å²) in [6, 6.07) is 19.7. The number of hydrogen-bond acceptors (Lipinski definition) is 4. The molecule has 1 heterocycles. The van der Waals surface area contributed by atoms with Gasteiger partial charge in [0.2, 0.25) is 0 Å². The molecule has 0 unspecified atom stereocenters. The third kappa shape index (κ3) is 5.29. The molecule has 0 aromatic heterocycles. The molecule has 0 bridgehead atoms. The minimum Gasteiger partial charge on any atom is -0.487 e. The Morgan fingerprint density at radius 2 is 1.74 bits per heavy atom. The van der Waals surface area contributed by atoms with E-state index in [-0.39, 0.29) is 18.3 Å². The van der Waals surface area contributed by atoms with Crippen molar-refractivity contribution in [1.82, 2.24) is 0 Å². The van der Waals surface area contributed by atoms with Gasteiger partial charge in [-0.2, -0.15) is 0 Å². The molecule has 0 saturated carbocycles. The summed E-state index contributed by atoms with van der Waals surface area (Å²) >= 11 is 11.1. The first kappa shape index (κ1) is 22.7. The number of ether oxygens (including phenoxy) is 1. The fourth-order valence-corrected chi connectivity index (χ4v) is 6.43. The minimum absolute atomic E-state index is 0.127. The lowest BCUT2D eigenvalue weighted by atomic mass is 10.2. The van der Waals surface area contributed by atoms with Crippen LogP contribution in [-0.2, 0) is 11.4 Å². The van der Waals surface area contributed by atoms with Gasteiger partial charge in [-0.15, -0.1) is 0 Å². The monoisotopic (exact) mass is 673 g/mol. The maximum atomic E-state index is 13.4. The topological polar surface area (TPSA) is 29.5 Å². The van der Waals surface area contributed by atoms with Crippen LogP contribution in [0.25, 0.3) is 6.08 Å². The Balaban J connectivity index is 1.55.